The number of amides is 1. The number of carbonyl (C=O) groups excluding carboxylic acids is 1. The van der Waals surface area contributed by atoms with Gasteiger partial charge in [-0.15, -0.1) is 10.2 Å². The number of benzene rings is 1. The van der Waals surface area contributed by atoms with Gasteiger partial charge in [0.2, 0.25) is 5.91 Å². The quantitative estimate of drug-likeness (QED) is 0.403. The molecule has 0 aliphatic heterocycles. The summed E-state index contributed by atoms with van der Waals surface area (Å²) in [4.78, 5) is 24.1. The van der Waals surface area contributed by atoms with Crippen LogP contribution in [0, 0.1) is 5.92 Å². The molecule has 0 aliphatic carbocycles. The molecule has 2 heterocycles. The van der Waals surface area contributed by atoms with Crippen LogP contribution >= 0.6 is 11.8 Å². The van der Waals surface area contributed by atoms with Gasteiger partial charge >= 0.3 is 5.76 Å². The van der Waals surface area contributed by atoms with Gasteiger partial charge < -0.3 is 14.3 Å². The first-order valence-corrected chi connectivity index (χ1v) is 11.0. The highest BCUT2D eigenvalue weighted by Crippen LogP contribution is 2.16. The summed E-state index contributed by atoms with van der Waals surface area (Å²) in [5, 5.41) is 12.4. The Morgan fingerprint density at radius 3 is 2.79 bits per heavy atom. The third-order valence-corrected chi connectivity index (χ3v) is 5.23. The molecule has 0 fully saturated rings. The maximum Gasteiger partial charge on any atom is 0.419 e. The van der Waals surface area contributed by atoms with E-state index in [1.54, 1.807) is 17.8 Å². The van der Waals surface area contributed by atoms with E-state index in [0.29, 0.717) is 30.1 Å². The fourth-order valence-electron chi connectivity index (χ4n) is 3.21. The molecule has 29 heavy (non-hydrogen) atoms. The van der Waals surface area contributed by atoms with Crippen molar-refractivity contribution < 1.29 is 9.21 Å². The van der Waals surface area contributed by atoms with Crippen molar-refractivity contribution in [2.45, 2.75) is 51.4 Å². The second-order valence-electron chi connectivity index (χ2n) is 7.30. The van der Waals surface area contributed by atoms with Gasteiger partial charge in [0.25, 0.3) is 0 Å². The molecule has 0 spiro atoms. The Balaban J connectivity index is 1.46. The largest absolute Gasteiger partial charge is 0.419 e. The number of rotatable bonds is 10. The number of nitrogens with zero attached hydrogens (tertiary/aromatic N) is 4. The summed E-state index contributed by atoms with van der Waals surface area (Å²) in [6.45, 7) is 6.08. The average molecular weight is 418 g/mol. The van der Waals surface area contributed by atoms with E-state index in [-0.39, 0.29) is 12.3 Å². The minimum absolute atomic E-state index is 0.0874. The van der Waals surface area contributed by atoms with Crippen molar-refractivity contribution in [3.63, 3.8) is 0 Å². The highest BCUT2D eigenvalue weighted by Gasteiger charge is 2.13. The van der Waals surface area contributed by atoms with Crippen LogP contribution in [0.15, 0.2) is 38.6 Å². The van der Waals surface area contributed by atoms with Gasteiger partial charge in [-0.05, 0) is 30.7 Å². The zero-order valence-electron chi connectivity index (χ0n) is 17.1. The van der Waals surface area contributed by atoms with Gasteiger partial charge in [-0.3, -0.25) is 9.36 Å². The molecule has 8 nitrogen and oxygen atoms in total. The fraction of sp³-hybridized carbons (Fsp3) is 0.500. The van der Waals surface area contributed by atoms with E-state index >= 15 is 0 Å². The SMILES string of the molecule is CSc1nnc(CCCNC(=O)CCn2c(=O)oc3ccccc32)n1CC(C)C. The molecule has 3 rings (SSSR count). The highest BCUT2D eigenvalue weighted by molar-refractivity contribution is 7.98. The summed E-state index contributed by atoms with van der Waals surface area (Å²) in [6, 6.07) is 7.21. The Hall–Kier alpha value is -2.55. The van der Waals surface area contributed by atoms with Crippen LogP contribution in [0.3, 0.4) is 0 Å². The minimum atomic E-state index is -0.437. The third kappa shape index (κ3) is 5.29. The number of oxazole rings is 1. The number of hydrogen-bond donors (Lipinski definition) is 1. The molecule has 0 radical (unpaired) electrons. The predicted molar refractivity (Wildman–Crippen MR) is 113 cm³/mol. The zero-order chi connectivity index (χ0) is 20.8. The van der Waals surface area contributed by atoms with Crippen molar-refractivity contribution in [1.82, 2.24) is 24.6 Å². The summed E-state index contributed by atoms with van der Waals surface area (Å²) in [6.07, 6.45) is 3.76. The lowest BCUT2D eigenvalue weighted by atomic mass is 10.2. The second-order valence-corrected chi connectivity index (χ2v) is 8.07. The molecule has 156 valence electrons. The molecule has 0 aliphatic rings. The monoisotopic (exact) mass is 417 g/mol. The van der Waals surface area contributed by atoms with Crippen LogP contribution in [0.5, 0.6) is 0 Å². The highest BCUT2D eigenvalue weighted by atomic mass is 32.2. The molecule has 0 unspecified atom stereocenters. The first-order chi connectivity index (χ1) is 14.0. The fourth-order valence-corrected chi connectivity index (χ4v) is 3.73. The van der Waals surface area contributed by atoms with Gasteiger partial charge in [-0.1, -0.05) is 37.7 Å². The molecular formula is C20H27N5O3S. The lowest BCUT2D eigenvalue weighted by Gasteiger charge is -2.11. The molecule has 1 aromatic carbocycles. The third-order valence-electron chi connectivity index (χ3n) is 4.56. The predicted octanol–water partition coefficient (Wildman–Crippen LogP) is 2.70. The summed E-state index contributed by atoms with van der Waals surface area (Å²) in [5.74, 6) is 0.940. The van der Waals surface area contributed by atoms with E-state index < -0.39 is 5.76 Å². The van der Waals surface area contributed by atoms with Gasteiger partial charge in [-0.2, -0.15) is 0 Å². The van der Waals surface area contributed by atoms with Crippen molar-refractivity contribution in [1.29, 1.82) is 0 Å². The maximum absolute atomic E-state index is 12.2. The summed E-state index contributed by atoms with van der Waals surface area (Å²) < 4.78 is 8.84. The molecule has 9 heteroatoms. The van der Waals surface area contributed by atoms with Gasteiger partial charge in [0.1, 0.15) is 5.82 Å². The summed E-state index contributed by atoms with van der Waals surface area (Å²) in [7, 11) is 0. The zero-order valence-corrected chi connectivity index (χ0v) is 17.9. The van der Waals surface area contributed by atoms with Crippen molar-refractivity contribution >= 4 is 28.8 Å². The van der Waals surface area contributed by atoms with E-state index in [1.165, 1.54) is 4.57 Å². The van der Waals surface area contributed by atoms with E-state index in [2.05, 4.69) is 33.9 Å². The normalized spacial score (nSPS) is 11.4. The number of fused-ring (bicyclic) bond motifs is 1. The summed E-state index contributed by atoms with van der Waals surface area (Å²) >= 11 is 1.59. The lowest BCUT2D eigenvalue weighted by Crippen LogP contribution is -2.27. The van der Waals surface area contributed by atoms with Crippen molar-refractivity contribution in [2.24, 2.45) is 5.92 Å². The minimum Gasteiger partial charge on any atom is -0.408 e. The standard InChI is InChI=1S/C20H27N5O3S/c1-14(2)13-25-17(22-23-19(25)29-3)9-6-11-21-18(26)10-12-24-15-7-4-5-8-16(15)28-20(24)27/h4-5,7-8,14H,6,9-13H2,1-3H3,(H,21,26). The Morgan fingerprint density at radius 2 is 2.03 bits per heavy atom. The Bertz CT molecular complexity index is 1020. The smallest absolute Gasteiger partial charge is 0.408 e. The van der Waals surface area contributed by atoms with Crippen molar-refractivity contribution in [3.05, 3.63) is 40.6 Å². The summed E-state index contributed by atoms with van der Waals surface area (Å²) in [5.41, 5.74) is 1.24. The lowest BCUT2D eigenvalue weighted by molar-refractivity contribution is -0.121. The van der Waals surface area contributed by atoms with E-state index in [9.17, 15) is 9.59 Å². The molecular weight excluding hydrogens is 390 g/mol. The Labute approximate surface area is 173 Å². The average Bonchev–Trinajstić information content (AvgIpc) is 3.22. The van der Waals surface area contributed by atoms with Crippen LogP contribution in [0.1, 0.15) is 32.5 Å². The number of aryl methyl sites for hydroxylation is 2. The molecule has 2 aromatic heterocycles. The van der Waals surface area contributed by atoms with Crippen molar-refractivity contribution in [2.75, 3.05) is 12.8 Å². The molecule has 1 N–H and O–H groups in total. The Kier molecular flexibility index (Phi) is 7.13. The van der Waals surface area contributed by atoms with E-state index in [4.69, 9.17) is 4.42 Å². The van der Waals surface area contributed by atoms with Crippen LogP contribution in [0.2, 0.25) is 0 Å². The van der Waals surface area contributed by atoms with E-state index in [0.717, 1.165) is 30.4 Å². The van der Waals surface area contributed by atoms with Crippen LogP contribution in [0.25, 0.3) is 11.1 Å². The first kappa shape index (κ1) is 21.2. The number of aromatic nitrogens is 4. The van der Waals surface area contributed by atoms with E-state index in [1.807, 2.05) is 24.5 Å². The topological polar surface area (TPSA) is 94.9 Å². The van der Waals surface area contributed by atoms with Crippen molar-refractivity contribution in [3.8, 4) is 0 Å². The Morgan fingerprint density at radius 1 is 1.24 bits per heavy atom. The number of hydrogen-bond acceptors (Lipinski definition) is 6. The van der Waals surface area contributed by atoms with Crippen LogP contribution in [0.4, 0.5) is 0 Å². The number of carbonyl (C=O) groups is 1. The maximum atomic E-state index is 12.2. The van der Waals surface area contributed by atoms with Crippen LogP contribution in [-0.2, 0) is 24.3 Å². The van der Waals surface area contributed by atoms with Crippen LogP contribution < -0.4 is 11.1 Å². The second kappa shape index (κ2) is 9.78. The van der Waals surface area contributed by atoms with Gasteiger partial charge in [0.05, 0.1) is 5.52 Å². The molecule has 0 bridgehead atoms. The number of thioether (sulfide) groups is 1. The first-order valence-electron chi connectivity index (χ1n) is 9.80. The molecule has 0 atom stereocenters. The number of nitrogens with one attached hydrogen (secondary N) is 1. The molecule has 3 aromatic rings. The molecule has 0 saturated carbocycles. The van der Waals surface area contributed by atoms with Gasteiger partial charge in [0.15, 0.2) is 10.7 Å². The van der Waals surface area contributed by atoms with Gasteiger partial charge in [0, 0.05) is 32.5 Å². The van der Waals surface area contributed by atoms with Crippen LogP contribution in [-0.4, -0.2) is 38.0 Å². The number of para-hydroxylation sites is 2. The van der Waals surface area contributed by atoms with Gasteiger partial charge in [-0.25, -0.2) is 4.79 Å². The molecule has 0 saturated heterocycles. The molecule has 1 amide bonds.